The molecule has 0 amide bonds. The normalized spacial score (nSPS) is 21.2. The van der Waals surface area contributed by atoms with Crippen molar-refractivity contribution < 1.29 is 13.5 Å². The molecule has 1 fully saturated rings. The van der Waals surface area contributed by atoms with Gasteiger partial charge in [0.1, 0.15) is 0 Å². The van der Waals surface area contributed by atoms with E-state index in [1.807, 2.05) is 13.0 Å². The Balaban J connectivity index is 2.38. The first-order chi connectivity index (χ1) is 9.98. The average molecular weight is 311 g/mol. The number of hydrogen-bond acceptors (Lipinski definition) is 3. The highest BCUT2D eigenvalue weighted by Crippen LogP contribution is 2.26. The van der Waals surface area contributed by atoms with Crippen LogP contribution in [0.4, 0.5) is 0 Å². The summed E-state index contributed by atoms with van der Waals surface area (Å²) in [5.41, 5.74) is 1.47. The molecule has 1 aliphatic rings. The highest BCUT2D eigenvalue weighted by molar-refractivity contribution is 7.89. The Kier molecular flexibility index (Phi) is 5.41. The van der Waals surface area contributed by atoms with Crippen LogP contribution in [-0.2, 0) is 23.1 Å². The molecule has 1 unspecified atom stereocenters. The summed E-state index contributed by atoms with van der Waals surface area (Å²) in [4.78, 5) is 0.367. The highest BCUT2D eigenvalue weighted by atomic mass is 32.2. The SMILES string of the molecule is CCc1ccc(CO)cc1S(=O)(=O)N1CCCC(C)CC1. The lowest BCUT2D eigenvalue weighted by atomic mass is 10.0. The number of aryl methyl sites for hydroxylation is 1. The van der Waals surface area contributed by atoms with Gasteiger partial charge in [0.2, 0.25) is 10.0 Å². The van der Waals surface area contributed by atoms with Crippen LogP contribution in [0.1, 0.15) is 44.2 Å². The molecule has 5 heteroatoms. The lowest BCUT2D eigenvalue weighted by Gasteiger charge is -2.22. The van der Waals surface area contributed by atoms with Crippen molar-refractivity contribution in [2.75, 3.05) is 13.1 Å². The van der Waals surface area contributed by atoms with Crippen molar-refractivity contribution in [2.45, 2.75) is 51.0 Å². The molecule has 1 N–H and O–H groups in total. The van der Waals surface area contributed by atoms with E-state index in [0.717, 1.165) is 24.8 Å². The van der Waals surface area contributed by atoms with Crippen molar-refractivity contribution in [3.63, 3.8) is 0 Å². The van der Waals surface area contributed by atoms with Crippen LogP contribution in [0.3, 0.4) is 0 Å². The molecular formula is C16H25NO3S. The molecule has 1 aromatic rings. The van der Waals surface area contributed by atoms with Gasteiger partial charge in [0.25, 0.3) is 0 Å². The minimum absolute atomic E-state index is 0.135. The summed E-state index contributed by atoms with van der Waals surface area (Å²) in [6, 6.07) is 5.24. The summed E-state index contributed by atoms with van der Waals surface area (Å²) in [6.07, 6.45) is 3.59. The topological polar surface area (TPSA) is 57.6 Å². The van der Waals surface area contributed by atoms with Gasteiger partial charge in [-0.15, -0.1) is 0 Å². The lowest BCUT2D eigenvalue weighted by Crippen LogP contribution is -2.32. The number of aliphatic hydroxyl groups is 1. The zero-order valence-electron chi connectivity index (χ0n) is 12.9. The predicted octanol–water partition coefficient (Wildman–Crippen LogP) is 2.55. The molecule has 1 aliphatic heterocycles. The molecule has 0 aromatic heterocycles. The van der Waals surface area contributed by atoms with Gasteiger partial charge in [-0.05, 0) is 48.8 Å². The minimum atomic E-state index is -3.46. The fraction of sp³-hybridized carbons (Fsp3) is 0.625. The Morgan fingerprint density at radius 3 is 2.71 bits per heavy atom. The van der Waals surface area contributed by atoms with Gasteiger partial charge in [-0.3, -0.25) is 0 Å². The zero-order valence-corrected chi connectivity index (χ0v) is 13.7. The maximum atomic E-state index is 12.9. The molecule has 1 heterocycles. The van der Waals surface area contributed by atoms with Crippen molar-refractivity contribution in [2.24, 2.45) is 5.92 Å². The Morgan fingerprint density at radius 1 is 1.29 bits per heavy atom. The molecular weight excluding hydrogens is 286 g/mol. The number of rotatable bonds is 4. The number of hydrogen-bond donors (Lipinski definition) is 1. The van der Waals surface area contributed by atoms with Gasteiger partial charge in [0.05, 0.1) is 11.5 Å². The molecule has 0 bridgehead atoms. The maximum Gasteiger partial charge on any atom is 0.243 e. The first-order valence-electron chi connectivity index (χ1n) is 7.71. The Bertz CT molecular complexity index is 583. The second-order valence-electron chi connectivity index (χ2n) is 5.89. The van der Waals surface area contributed by atoms with E-state index in [4.69, 9.17) is 0 Å². The monoisotopic (exact) mass is 311 g/mol. The van der Waals surface area contributed by atoms with E-state index in [-0.39, 0.29) is 6.61 Å². The molecule has 1 atom stereocenters. The quantitative estimate of drug-likeness (QED) is 0.929. The molecule has 1 aromatic carbocycles. The van der Waals surface area contributed by atoms with Crippen LogP contribution in [-0.4, -0.2) is 30.9 Å². The molecule has 2 rings (SSSR count). The number of aliphatic hydroxyl groups excluding tert-OH is 1. The van der Waals surface area contributed by atoms with Crippen LogP contribution in [0, 0.1) is 5.92 Å². The number of nitrogens with zero attached hydrogens (tertiary/aromatic N) is 1. The molecule has 0 saturated carbocycles. The van der Waals surface area contributed by atoms with Gasteiger partial charge in [-0.25, -0.2) is 8.42 Å². The first-order valence-corrected chi connectivity index (χ1v) is 9.15. The molecule has 118 valence electrons. The Morgan fingerprint density at radius 2 is 2.05 bits per heavy atom. The average Bonchev–Trinajstić information content (AvgIpc) is 2.71. The highest BCUT2D eigenvalue weighted by Gasteiger charge is 2.28. The van der Waals surface area contributed by atoms with Crippen LogP contribution < -0.4 is 0 Å². The fourth-order valence-corrected chi connectivity index (χ4v) is 4.68. The molecule has 1 saturated heterocycles. The standard InChI is InChI=1S/C16H25NO3S/c1-3-15-7-6-14(12-18)11-16(15)21(19,20)17-9-4-5-13(2)8-10-17/h6-7,11,13,18H,3-5,8-10,12H2,1-2H3. The van der Waals surface area contributed by atoms with Crippen LogP contribution >= 0.6 is 0 Å². The molecule has 0 spiro atoms. The van der Waals surface area contributed by atoms with E-state index in [0.29, 0.717) is 35.9 Å². The van der Waals surface area contributed by atoms with Gasteiger partial charge in [0, 0.05) is 13.1 Å². The third-order valence-corrected chi connectivity index (χ3v) is 6.27. The van der Waals surface area contributed by atoms with Crippen molar-refractivity contribution in [3.05, 3.63) is 29.3 Å². The summed E-state index contributed by atoms with van der Waals surface area (Å²) in [6.45, 7) is 5.19. The Labute approximate surface area is 127 Å². The fourth-order valence-electron chi connectivity index (χ4n) is 2.85. The van der Waals surface area contributed by atoms with Crippen molar-refractivity contribution in [1.82, 2.24) is 4.31 Å². The van der Waals surface area contributed by atoms with Crippen LogP contribution in [0.25, 0.3) is 0 Å². The van der Waals surface area contributed by atoms with Crippen LogP contribution in [0.2, 0.25) is 0 Å². The van der Waals surface area contributed by atoms with E-state index < -0.39 is 10.0 Å². The van der Waals surface area contributed by atoms with E-state index >= 15 is 0 Å². The van der Waals surface area contributed by atoms with E-state index in [1.165, 1.54) is 0 Å². The number of sulfonamides is 1. The first kappa shape index (κ1) is 16.5. The molecule has 4 nitrogen and oxygen atoms in total. The lowest BCUT2D eigenvalue weighted by molar-refractivity contribution is 0.281. The Hall–Kier alpha value is -0.910. The van der Waals surface area contributed by atoms with Gasteiger partial charge < -0.3 is 5.11 Å². The zero-order chi connectivity index (χ0) is 15.5. The van der Waals surface area contributed by atoms with Crippen molar-refractivity contribution in [1.29, 1.82) is 0 Å². The van der Waals surface area contributed by atoms with Crippen LogP contribution in [0.15, 0.2) is 23.1 Å². The number of benzene rings is 1. The van der Waals surface area contributed by atoms with Gasteiger partial charge in [0.15, 0.2) is 0 Å². The third kappa shape index (κ3) is 3.65. The molecule has 0 radical (unpaired) electrons. The van der Waals surface area contributed by atoms with Gasteiger partial charge in [-0.2, -0.15) is 4.31 Å². The van der Waals surface area contributed by atoms with E-state index in [9.17, 15) is 13.5 Å². The summed E-state index contributed by atoms with van der Waals surface area (Å²) >= 11 is 0. The molecule has 21 heavy (non-hydrogen) atoms. The van der Waals surface area contributed by atoms with Gasteiger partial charge >= 0.3 is 0 Å². The summed E-state index contributed by atoms with van der Waals surface area (Å²) in [7, 11) is -3.46. The summed E-state index contributed by atoms with van der Waals surface area (Å²) < 4.78 is 27.5. The minimum Gasteiger partial charge on any atom is -0.392 e. The van der Waals surface area contributed by atoms with E-state index in [2.05, 4.69) is 6.92 Å². The summed E-state index contributed by atoms with van der Waals surface area (Å²) in [5, 5.41) is 9.27. The maximum absolute atomic E-state index is 12.9. The second-order valence-corrected chi connectivity index (χ2v) is 7.80. The molecule has 0 aliphatic carbocycles. The van der Waals surface area contributed by atoms with Gasteiger partial charge in [-0.1, -0.05) is 26.0 Å². The van der Waals surface area contributed by atoms with Crippen LogP contribution in [0.5, 0.6) is 0 Å². The van der Waals surface area contributed by atoms with Crippen molar-refractivity contribution >= 4 is 10.0 Å². The smallest absolute Gasteiger partial charge is 0.243 e. The second kappa shape index (κ2) is 6.90. The third-order valence-electron chi connectivity index (χ3n) is 4.29. The summed E-state index contributed by atoms with van der Waals surface area (Å²) in [5.74, 6) is 0.583. The largest absolute Gasteiger partial charge is 0.392 e. The van der Waals surface area contributed by atoms with Crippen molar-refractivity contribution in [3.8, 4) is 0 Å². The predicted molar refractivity (Wildman–Crippen MR) is 83.5 cm³/mol. The van der Waals surface area contributed by atoms with E-state index in [1.54, 1.807) is 16.4 Å².